The molecule has 0 fully saturated rings. The van der Waals surface area contributed by atoms with Gasteiger partial charge in [-0.1, -0.05) is 37.3 Å². The molecule has 1 aromatic rings. The molecule has 0 N–H and O–H groups in total. The molecule has 0 bridgehead atoms. The van der Waals surface area contributed by atoms with E-state index in [1.165, 1.54) is 5.56 Å². The molecule has 16 heavy (non-hydrogen) atoms. The molecule has 0 heterocycles. The zero-order valence-electron chi connectivity index (χ0n) is 9.65. The van der Waals surface area contributed by atoms with E-state index in [1.807, 2.05) is 37.3 Å². The minimum absolute atomic E-state index is 0.0842. The van der Waals surface area contributed by atoms with Crippen LogP contribution in [0.1, 0.15) is 31.7 Å². The number of carbonyl (C=O) groups is 1. The Morgan fingerprint density at radius 3 is 2.62 bits per heavy atom. The van der Waals surface area contributed by atoms with Gasteiger partial charge in [-0.05, 0) is 24.8 Å². The molecule has 0 spiro atoms. The van der Waals surface area contributed by atoms with Gasteiger partial charge in [0.25, 0.3) is 0 Å². The Labute approximate surface area is 96.9 Å². The van der Waals surface area contributed by atoms with Gasteiger partial charge in [0.05, 0.1) is 6.07 Å². The number of nitrogens with zero attached hydrogens (tertiary/aromatic N) is 1. The third kappa shape index (κ3) is 3.86. The highest BCUT2D eigenvalue weighted by Crippen LogP contribution is 2.12. The lowest BCUT2D eigenvalue weighted by molar-refractivity contribution is -0.121. The average molecular weight is 215 g/mol. The quantitative estimate of drug-likeness (QED) is 0.731. The van der Waals surface area contributed by atoms with Crippen LogP contribution in [0.3, 0.4) is 0 Å². The summed E-state index contributed by atoms with van der Waals surface area (Å²) in [6.45, 7) is 1.96. The molecule has 0 aromatic heterocycles. The summed E-state index contributed by atoms with van der Waals surface area (Å²) in [7, 11) is 0. The van der Waals surface area contributed by atoms with Crippen LogP contribution in [0.15, 0.2) is 30.3 Å². The summed E-state index contributed by atoms with van der Waals surface area (Å²) in [6, 6.07) is 12.1. The zero-order valence-corrected chi connectivity index (χ0v) is 9.65. The van der Waals surface area contributed by atoms with Crippen LogP contribution in [0.5, 0.6) is 0 Å². The second kappa shape index (κ2) is 6.79. The van der Waals surface area contributed by atoms with Gasteiger partial charge < -0.3 is 0 Å². The Morgan fingerprint density at radius 1 is 1.38 bits per heavy atom. The Kier molecular flexibility index (Phi) is 5.28. The summed E-state index contributed by atoms with van der Waals surface area (Å²) < 4.78 is 0. The maximum Gasteiger partial charge on any atom is 0.149 e. The summed E-state index contributed by atoms with van der Waals surface area (Å²) in [6.07, 6.45) is 2.78. The predicted octanol–water partition coefficient (Wildman–Crippen LogP) is 3.13. The number of hydrogen-bond acceptors (Lipinski definition) is 2. The first-order valence-electron chi connectivity index (χ1n) is 5.74. The normalized spacial score (nSPS) is 11.8. The Hall–Kier alpha value is -1.62. The molecular formula is C14H17NO. The first-order valence-corrected chi connectivity index (χ1v) is 5.74. The summed E-state index contributed by atoms with van der Waals surface area (Å²) in [5.41, 5.74) is 1.19. The molecule has 1 rings (SSSR count). The van der Waals surface area contributed by atoms with Crippen LogP contribution in [-0.2, 0) is 11.2 Å². The SMILES string of the molecule is CCCC(=O)C(C#N)CCc1ccccc1. The number of benzene rings is 1. The van der Waals surface area contributed by atoms with E-state index in [0.29, 0.717) is 12.8 Å². The molecule has 0 saturated carbocycles. The zero-order chi connectivity index (χ0) is 11.8. The Morgan fingerprint density at radius 2 is 2.06 bits per heavy atom. The van der Waals surface area contributed by atoms with Gasteiger partial charge in [-0.2, -0.15) is 5.26 Å². The van der Waals surface area contributed by atoms with Crippen LogP contribution in [-0.4, -0.2) is 5.78 Å². The number of nitriles is 1. The van der Waals surface area contributed by atoms with Crippen molar-refractivity contribution in [2.24, 2.45) is 5.92 Å². The molecule has 2 heteroatoms. The summed E-state index contributed by atoms with van der Waals surface area (Å²) in [4.78, 5) is 11.6. The fourth-order valence-corrected chi connectivity index (χ4v) is 1.67. The highest BCUT2D eigenvalue weighted by Gasteiger charge is 2.16. The van der Waals surface area contributed by atoms with Crippen molar-refractivity contribution in [1.82, 2.24) is 0 Å². The molecule has 0 saturated heterocycles. The lowest BCUT2D eigenvalue weighted by Gasteiger charge is -2.07. The summed E-state index contributed by atoms with van der Waals surface area (Å²) in [5.74, 6) is -0.346. The van der Waals surface area contributed by atoms with E-state index in [2.05, 4.69) is 6.07 Å². The minimum atomic E-state index is -0.430. The molecule has 0 aliphatic heterocycles. The van der Waals surface area contributed by atoms with Crippen LogP contribution in [0.25, 0.3) is 0 Å². The van der Waals surface area contributed by atoms with Crippen LogP contribution in [0, 0.1) is 17.2 Å². The number of ketones is 1. The molecule has 1 unspecified atom stereocenters. The van der Waals surface area contributed by atoms with Crippen molar-refractivity contribution >= 4 is 5.78 Å². The van der Waals surface area contributed by atoms with E-state index < -0.39 is 5.92 Å². The number of aryl methyl sites for hydroxylation is 1. The molecule has 1 aromatic carbocycles. The molecule has 84 valence electrons. The van der Waals surface area contributed by atoms with Crippen molar-refractivity contribution in [1.29, 1.82) is 5.26 Å². The second-order valence-electron chi connectivity index (χ2n) is 3.92. The van der Waals surface area contributed by atoms with Crippen molar-refractivity contribution in [3.63, 3.8) is 0 Å². The first kappa shape index (κ1) is 12.4. The van der Waals surface area contributed by atoms with Crippen molar-refractivity contribution in [3.05, 3.63) is 35.9 Å². The average Bonchev–Trinajstić information content (AvgIpc) is 2.31. The number of Topliss-reactive ketones (excluding diaryl/α,β-unsaturated/α-hetero) is 1. The summed E-state index contributed by atoms with van der Waals surface area (Å²) in [5, 5.41) is 8.93. The van der Waals surface area contributed by atoms with E-state index in [9.17, 15) is 4.79 Å². The lowest BCUT2D eigenvalue weighted by atomic mass is 9.95. The highest BCUT2D eigenvalue weighted by atomic mass is 16.1. The van der Waals surface area contributed by atoms with Crippen molar-refractivity contribution in [2.75, 3.05) is 0 Å². The van der Waals surface area contributed by atoms with Crippen LogP contribution in [0.4, 0.5) is 0 Å². The topological polar surface area (TPSA) is 40.9 Å². The molecule has 0 aliphatic rings. The van der Waals surface area contributed by atoms with Gasteiger partial charge in [-0.3, -0.25) is 4.79 Å². The summed E-state index contributed by atoms with van der Waals surface area (Å²) >= 11 is 0. The van der Waals surface area contributed by atoms with Crippen LogP contribution >= 0.6 is 0 Å². The maximum absolute atomic E-state index is 11.6. The van der Waals surface area contributed by atoms with Gasteiger partial charge >= 0.3 is 0 Å². The van der Waals surface area contributed by atoms with Crippen LogP contribution in [0.2, 0.25) is 0 Å². The van der Waals surface area contributed by atoms with Gasteiger partial charge in [0.15, 0.2) is 0 Å². The van der Waals surface area contributed by atoms with Crippen LogP contribution < -0.4 is 0 Å². The number of hydrogen-bond donors (Lipinski definition) is 0. The molecule has 0 radical (unpaired) electrons. The smallest absolute Gasteiger partial charge is 0.149 e. The monoisotopic (exact) mass is 215 g/mol. The lowest BCUT2D eigenvalue weighted by Crippen LogP contribution is -2.13. The molecular weight excluding hydrogens is 198 g/mol. The van der Waals surface area contributed by atoms with E-state index in [-0.39, 0.29) is 5.78 Å². The van der Waals surface area contributed by atoms with Crippen molar-refractivity contribution < 1.29 is 4.79 Å². The Bertz CT molecular complexity index is 364. The molecule has 1 atom stereocenters. The van der Waals surface area contributed by atoms with Gasteiger partial charge in [0, 0.05) is 6.42 Å². The van der Waals surface area contributed by atoms with Gasteiger partial charge in [0.1, 0.15) is 11.7 Å². The third-order valence-electron chi connectivity index (χ3n) is 2.61. The Balaban J connectivity index is 2.47. The fourth-order valence-electron chi connectivity index (χ4n) is 1.67. The number of rotatable bonds is 6. The fraction of sp³-hybridized carbons (Fsp3) is 0.429. The predicted molar refractivity (Wildman–Crippen MR) is 63.8 cm³/mol. The first-order chi connectivity index (χ1) is 7.77. The van der Waals surface area contributed by atoms with Gasteiger partial charge in [0.2, 0.25) is 0 Å². The van der Waals surface area contributed by atoms with Gasteiger partial charge in [-0.15, -0.1) is 0 Å². The highest BCUT2D eigenvalue weighted by molar-refractivity contribution is 5.83. The van der Waals surface area contributed by atoms with E-state index in [1.54, 1.807) is 0 Å². The largest absolute Gasteiger partial charge is 0.298 e. The standard InChI is InChI=1S/C14H17NO/c1-2-6-14(16)13(11-15)10-9-12-7-4-3-5-8-12/h3-5,7-8,13H,2,6,9-10H2,1H3. The molecule has 0 amide bonds. The van der Waals surface area contributed by atoms with E-state index in [4.69, 9.17) is 5.26 Å². The van der Waals surface area contributed by atoms with E-state index >= 15 is 0 Å². The van der Waals surface area contributed by atoms with Crippen molar-refractivity contribution in [3.8, 4) is 6.07 Å². The van der Waals surface area contributed by atoms with Gasteiger partial charge in [-0.25, -0.2) is 0 Å². The van der Waals surface area contributed by atoms with E-state index in [0.717, 1.165) is 12.8 Å². The minimum Gasteiger partial charge on any atom is -0.298 e. The third-order valence-corrected chi connectivity index (χ3v) is 2.61. The molecule has 0 aliphatic carbocycles. The van der Waals surface area contributed by atoms with Crippen molar-refractivity contribution in [2.45, 2.75) is 32.6 Å². The second-order valence-corrected chi connectivity index (χ2v) is 3.92. The maximum atomic E-state index is 11.6. The molecule has 2 nitrogen and oxygen atoms in total. The number of carbonyl (C=O) groups excluding carboxylic acids is 1.